The van der Waals surface area contributed by atoms with Gasteiger partial charge in [0.15, 0.2) is 0 Å². The normalized spacial score (nSPS) is 23.9. The summed E-state index contributed by atoms with van der Waals surface area (Å²) in [6.45, 7) is 1.56. The van der Waals surface area contributed by atoms with Crippen LogP contribution in [-0.2, 0) is 5.66 Å². The molecule has 3 nitrogen and oxygen atoms in total. The zero-order chi connectivity index (χ0) is 13.7. The first-order chi connectivity index (χ1) is 9.73. The van der Waals surface area contributed by atoms with Crippen molar-refractivity contribution >= 4 is 21.8 Å². The summed E-state index contributed by atoms with van der Waals surface area (Å²) in [4.78, 5) is 14.5. The predicted molar refractivity (Wildman–Crippen MR) is 80.4 cm³/mol. The van der Waals surface area contributed by atoms with Crippen LogP contribution in [0.4, 0.5) is 0 Å². The first-order valence-electron chi connectivity index (χ1n) is 6.66. The number of carbonyl (C=O) groups is 1. The largest absolute Gasteiger partial charge is 0.311 e. The molecule has 1 amide bonds. The van der Waals surface area contributed by atoms with E-state index in [-0.39, 0.29) is 5.91 Å². The van der Waals surface area contributed by atoms with Gasteiger partial charge in [-0.1, -0.05) is 46.3 Å². The molecular formula is C16H13BrN2O. The molecule has 4 heteroatoms. The maximum Gasteiger partial charge on any atom is 0.256 e. The lowest BCUT2D eigenvalue weighted by Gasteiger charge is -2.33. The minimum atomic E-state index is -0.492. The highest BCUT2D eigenvalue weighted by molar-refractivity contribution is 9.10. The van der Waals surface area contributed by atoms with E-state index in [2.05, 4.69) is 33.4 Å². The number of fused-ring (bicyclic) bond motifs is 3. The molecule has 1 atom stereocenters. The summed E-state index contributed by atoms with van der Waals surface area (Å²) in [7, 11) is 0. The van der Waals surface area contributed by atoms with Gasteiger partial charge in [-0.25, -0.2) is 0 Å². The summed E-state index contributed by atoms with van der Waals surface area (Å²) < 4.78 is 1.04. The second kappa shape index (κ2) is 4.17. The van der Waals surface area contributed by atoms with Crippen molar-refractivity contribution in [1.82, 2.24) is 10.2 Å². The van der Waals surface area contributed by atoms with Crippen LogP contribution in [0, 0.1) is 0 Å². The van der Waals surface area contributed by atoms with Gasteiger partial charge in [0.2, 0.25) is 0 Å². The van der Waals surface area contributed by atoms with E-state index >= 15 is 0 Å². The summed E-state index contributed by atoms with van der Waals surface area (Å²) in [6.07, 6.45) is 0. The van der Waals surface area contributed by atoms with Crippen LogP contribution in [0.25, 0.3) is 0 Å². The smallest absolute Gasteiger partial charge is 0.256 e. The van der Waals surface area contributed by atoms with Gasteiger partial charge in [0, 0.05) is 28.7 Å². The first kappa shape index (κ1) is 12.1. The lowest BCUT2D eigenvalue weighted by Crippen LogP contribution is -2.46. The van der Waals surface area contributed by atoms with E-state index in [1.54, 1.807) is 0 Å². The Balaban J connectivity index is 1.99. The van der Waals surface area contributed by atoms with Gasteiger partial charge in [0.05, 0.1) is 0 Å². The van der Waals surface area contributed by atoms with E-state index < -0.39 is 5.66 Å². The molecule has 0 aliphatic carbocycles. The van der Waals surface area contributed by atoms with Crippen LogP contribution < -0.4 is 5.32 Å². The average molecular weight is 329 g/mol. The van der Waals surface area contributed by atoms with Gasteiger partial charge in [-0.2, -0.15) is 0 Å². The fraction of sp³-hybridized carbons (Fsp3) is 0.188. The number of benzene rings is 2. The minimum Gasteiger partial charge on any atom is -0.311 e. The Kier molecular flexibility index (Phi) is 2.53. The average Bonchev–Trinajstić information content (AvgIpc) is 3.01. The Hall–Kier alpha value is -1.65. The molecule has 0 bridgehead atoms. The zero-order valence-corrected chi connectivity index (χ0v) is 12.4. The Morgan fingerprint density at radius 3 is 2.65 bits per heavy atom. The van der Waals surface area contributed by atoms with E-state index in [0.717, 1.165) is 34.3 Å². The second-order valence-corrected chi connectivity index (χ2v) is 6.06. The monoisotopic (exact) mass is 328 g/mol. The maximum absolute atomic E-state index is 12.6. The lowest BCUT2D eigenvalue weighted by atomic mass is 9.91. The molecule has 0 aromatic heterocycles. The van der Waals surface area contributed by atoms with Crippen molar-refractivity contribution in [3.8, 4) is 0 Å². The fourth-order valence-electron chi connectivity index (χ4n) is 3.34. The van der Waals surface area contributed by atoms with Crippen LogP contribution >= 0.6 is 15.9 Å². The molecule has 2 aliphatic rings. The topological polar surface area (TPSA) is 32.3 Å². The number of hydrogen-bond acceptors (Lipinski definition) is 2. The third-order valence-electron chi connectivity index (χ3n) is 4.18. The third kappa shape index (κ3) is 1.41. The Morgan fingerprint density at radius 1 is 1.10 bits per heavy atom. The molecule has 2 aromatic carbocycles. The molecule has 4 rings (SSSR count). The lowest BCUT2D eigenvalue weighted by molar-refractivity contribution is 0.0694. The van der Waals surface area contributed by atoms with E-state index in [4.69, 9.17) is 0 Å². The van der Waals surface area contributed by atoms with Crippen LogP contribution in [0.1, 0.15) is 21.5 Å². The molecule has 1 unspecified atom stereocenters. The van der Waals surface area contributed by atoms with E-state index in [1.165, 1.54) is 0 Å². The van der Waals surface area contributed by atoms with Gasteiger partial charge in [0.1, 0.15) is 5.66 Å². The van der Waals surface area contributed by atoms with Gasteiger partial charge >= 0.3 is 0 Å². The molecule has 1 N–H and O–H groups in total. The molecule has 100 valence electrons. The summed E-state index contributed by atoms with van der Waals surface area (Å²) in [5.74, 6) is 0.119. The molecular weight excluding hydrogens is 316 g/mol. The predicted octanol–water partition coefficient (Wildman–Crippen LogP) is 2.71. The van der Waals surface area contributed by atoms with Crippen LogP contribution in [0.2, 0.25) is 0 Å². The standard InChI is InChI=1S/C16H13BrN2O/c17-12-7-5-11(6-8-12)16-14-4-2-1-3-13(14)15(20)19(16)10-9-18-16/h1-8,18H,9-10H2. The summed E-state index contributed by atoms with van der Waals surface area (Å²) >= 11 is 3.47. The number of nitrogens with zero attached hydrogens (tertiary/aromatic N) is 1. The SMILES string of the molecule is O=C1c2ccccc2C2(c3ccc(Br)cc3)NCCN12. The third-order valence-corrected chi connectivity index (χ3v) is 4.70. The van der Waals surface area contributed by atoms with Crippen molar-refractivity contribution in [3.05, 3.63) is 69.7 Å². The van der Waals surface area contributed by atoms with Gasteiger partial charge in [-0.3, -0.25) is 10.1 Å². The van der Waals surface area contributed by atoms with Crippen LogP contribution in [0.5, 0.6) is 0 Å². The van der Waals surface area contributed by atoms with Gasteiger partial charge in [0.25, 0.3) is 5.91 Å². The van der Waals surface area contributed by atoms with Crippen LogP contribution in [-0.4, -0.2) is 23.9 Å². The number of nitrogens with one attached hydrogen (secondary N) is 1. The zero-order valence-electron chi connectivity index (χ0n) is 10.8. The molecule has 0 saturated carbocycles. The summed E-state index contributed by atoms with van der Waals surface area (Å²) in [5, 5.41) is 3.54. The summed E-state index contributed by atoms with van der Waals surface area (Å²) in [5.41, 5.74) is 2.48. The number of amides is 1. The van der Waals surface area contributed by atoms with Gasteiger partial charge < -0.3 is 4.90 Å². The molecule has 2 aliphatic heterocycles. The molecule has 1 saturated heterocycles. The summed E-state index contributed by atoms with van der Waals surface area (Å²) in [6, 6.07) is 16.1. The minimum absolute atomic E-state index is 0.119. The number of carbonyl (C=O) groups excluding carboxylic acids is 1. The Bertz CT molecular complexity index is 698. The van der Waals surface area contributed by atoms with Gasteiger partial charge in [-0.05, 0) is 23.8 Å². The quantitative estimate of drug-likeness (QED) is 0.873. The fourth-order valence-corrected chi connectivity index (χ4v) is 3.61. The van der Waals surface area contributed by atoms with Crippen molar-refractivity contribution in [1.29, 1.82) is 0 Å². The Morgan fingerprint density at radius 2 is 1.85 bits per heavy atom. The molecule has 0 radical (unpaired) electrons. The molecule has 0 spiro atoms. The van der Waals surface area contributed by atoms with Crippen molar-refractivity contribution < 1.29 is 4.79 Å². The first-order valence-corrected chi connectivity index (χ1v) is 7.45. The maximum atomic E-state index is 12.6. The highest BCUT2D eigenvalue weighted by Crippen LogP contribution is 2.44. The van der Waals surface area contributed by atoms with Crippen LogP contribution in [0.15, 0.2) is 53.0 Å². The van der Waals surface area contributed by atoms with Crippen LogP contribution in [0.3, 0.4) is 0 Å². The molecule has 2 heterocycles. The molecule has 1 fully saturated rings. The number of hydrogen-bond donors (Lipinski definition) is 1. The van der Waals surface area contributed by atoms with Gasteiger partial charge in [-0.15, -0.1) is 0 Å². The van der Waals surface area contributed by atoms with Crippen molar-refractivity contribution in [2.45, 2.75) is 5.66 Å². The van der Waals surface area contributed by atoms with Crippen molar-refractivity contribution in [2.75, 3.05) is 13.1 Å². The van der Waals surface area contributed by atoms with E-state index in [0.29, 0.717) is 0 Å². The Labute approximate surface area is 125 Å². The second-order valence-electron chi connectivity index (χ2n) is 5.15. The molecule has 2 aromatic rings. The number of halogens is 1. The highest BCUT2D eigenvalue weighted by atomic mass is 79.9. The van der Waals surface area contributed by atoms with E-state index in [1.807, 2.05) is 41.3 Å². The van der Waals surface area contributed by atoms with Crippen molar-refractivity contribution in [3.63, 3.8) is 0 Å². The van der Waals surface area contributed by atoms with E-state index in [9.17, 15) is 4.79 Å². The molecule has 20 heavy (non-hydrogen) atoms. The van der Waals surface area contributed by atoms with Crippen molar-refractivity contribution in [2.24, 2.45) is 0 Å². The number of rotatable bonds is 1. The highest BCUT2D eigenvalue weighted by Gasteiger charge is 2.53.